The average Bonchev–Trinajstić information content (AvgIpc) is 2.32. The van der Waals surface area contributed by atoms with Crippen LogP contribution in [-0.4, -0.2) is 76.9 Å². The fraction of sp³-hybridized carbons (Fsp3) is 1.00. The molecule has 1 aliphatic rings. The largest absolute Gasteiger partial charge is 0.470 e. The van der Waals surface area contributed by atoms with E-state index in [1.54, 1.807) is 0 Å². The molecule has 1 unspecified atom stereocenters. The maximum absolute atomic E-state index is 11.0. The highest BCUT2D eigenvalue weighted by Gasteiger charge is 2.53. The zero-order valence-corrected chi connectivity index (χ0v) is 14.1. The third-order valence-electron chi connectivity index (χ3n) is 2.57. The number of rotatable bonds is 7. The fourth-order valence-corrected chi connectivity index (χ4v) is 3.55. The predicted molar refractivity (Wildman–Crippen MR) is 68.7 cm³/mol. The van der Waals surface area contributed by atoms with Crippen LogP contribution >= 0.6 is 23.5 Å². The molecule has 0 aliphatic carbocycles. The van der Waals surface area contributed by atoms with E-state index in [2.05, 4.69) is 18.3 Å². The lowest BCUT2D eigenvalue weighted by atomic mass is 9.99. The van der Waals surface area contributed by atoms with Gasteiger partial charge in [0.25, 0.3) is 0 Å². The normalized spacial score (nSPS) is 32.8. The molecule has 18 heteroatoms. The summed E-state index contributed by atoms with van der Waals surface area (Å²) in [5, 5.41) is 18.7. The van der Waals surface area contributed by atoms with E-state index in [-0.39, 0.29) is 0 Å². The standard InChI is InChI=1S/C6H15O15P3/c7-1-2-3(19-22(9,10)11)4(20-23(12,13)14)5(6(8)18-2)21-24(15,16)17/h2-8H,1H2,(H2,9,10,11)(H2,12,13,14)(H2,15,16,17)/t2-,3-,4+,5+,6?/m1/s1. The molecule has 1 fully saturated rings. The molecule has 15 nitrogen and oxygen atoms in total. The van der Waals surface area contributed by atoms with Gasteiger partial charge in [-0.25, -0.2) is 13.7 Å². The van der Waals surface area contributed by atoms with Gasteiger partial charge in [-0.1, -0.05) is 0 Å². The summed E-state index contributed by atoms with van der Waals surface area (Å²) >= 11 is 0. The molecule has 0 aromatic rings. The molecule has 144 valence electrons. The van der Waals surface area contributed by atoms with Crippen molar-refractivity contribution >= 4 is 23.5 Å². The SMILES string of the molecule is O=P(O)(O)O[C@H]1[C@H](OP(=O)(O)O)[C@@H](CO)OC(O)[C@H]1OP(=O)(O)O. The monoisotopic (exact) mass is 420 g/mol. The number of phosphoric acid groups is 3. The summed E-state index contributed by atoms with van der Waals surface area (Å²) in [6.45, 7) is -1.06. The van der Waals surface area contributed by atoms with Crippen LogP contribution in [0.2, 0.25) is 0 Å². The minimum absolute atomic E-state index is 1.06. The first-order valence-corrected chi connectivity index (χ1v) is 10.4. The van der Waals surface area contributed by atoms with E-state index in [0.29, 0.717) is 0 Å². The Kier molecular flexibility index (Phi) is 7.27. The second-order valence-electron chi connectivity index (χ2n) is 4.43. The molecule has 0 spiro atoms. The van der Waals surface area contributed by atoms with Crippen molar-refractivity contribution in [1.82, 2.24) is 0 Å². The van der Waals surface area contributed by atoms with Crippen LogP contribution in [0.15, 0.2) is 0 Å². The van der Waals surface area contributed by atoms with E-state index < -0.39 is 60.8 Å². The number of ether oxygens (including phenoxy) is 1. The molecular formula is C6H15O15P3. The minimum Gasteiger partial charge on any atom is -0.394 e. The second kappa shape index (κ2) is 7.84. The molecule has 1 rings (SSSR count). The van der Waals surface area contributed by atoms with Crippen LogP contribution in [0.1, 0.15) is 0 Å². The zero-order valence-electron chi connectivity index (χ0n) is 11.4. The van der Waals surface area contributed by atoms with E-state index in [1.165, 1.54) is 0 Å². The van der Waals surface area contributed by atoms with Gasteiger partial charge in [-0.3, -0.25) is 13.6 Å². The molecule has 0 radical (unpaired) electrons. The van der Waals surface area contributed by atoms with Gasteiger partial charge in [0.15, 0.2) is 6.29 Å². The Morgan fingerprint density at radius 1 is 0.750 bits per heavy atom. The molecule has 0 amide bonds. The van der Waals surface area contributed by atoms with Crippen molar-refractivity contribution in [3.05, 3.63) is 0 Å². The lowest BCUT2D eigenvalue weighted by Gasteiger charge is -2.43. The van der Waals surface area contributed by atoms with Crippen molar-refractivity contribution in [2.45, 2.75) is 30.7 Å². The van der Waals surface area contributed by atoms with Gasteiger partial charge >= 0.3 is 23.5 Å². The van der Waals surface area contributed by atoms with Crippen LogP contribution in [0.4, 0.5) is 0 Å². The Morgan fingerprint density at radius 2 is 1.12 bits per heavy atom. The van der Waals surface area contributed by atoms with Crippen LogP contribution in [0.5, 0.6) is 0 Å². The van der Waals surface area contributed by atoms with Crippen molar-refractivity contribution < 1.29 is 71.6 Å². The molecule has 0 bridgehead atoms. The molecule has 24 heavy (non-hydrogen) atoms. The van der Waals surface area contributed by atoms with E-state index in [1.807, 2.05) is 0 Å². The summed E-state index contributed by atoms with van der Waals surface area (Å²) in [7, 11) is -16.1. The van der Waals surface area contributed by atoms with E-state index in [0.717, 1.165) is 0 Å². The molecule has 0 saturated carbocycles. The molecular weight excluding hydrogens is 405 g/mol. The maximum atomic E-state index is 11.0. The van der Waals surface area contributed by atoms with Crippen LogP contribution in [0.25, 0.3) is 0 Å². The van der Waals surface area contributed by atoms with Gasteiger partial charge in [0, 0.05) is 0 Å². The fourth-order valence-electron chi connectivity index (χ4n) is 1.88. The molecule has 1 saturated heterocycles. The summed E-state index contributed by atoms with van der Waals surface area (Å²) in [5.74, 6) is 0. The Labute approximate surface area is 133 Å². The van der Waals surface area contributed by atoms with Crippen LogP contribution in [0, 0.1) is 0 Å². The van der Waals surface area contributed by atoms with E-state index in [4.69, 9.17) is 34.5 Å². The van der Waals surface area contributed by atoms with Gasteiger partial charge in [-0.05, 0) is 0 Å². The quantitative estimate of drug-likeness (QED) is 0.193. The topological polar surface area (TPSA) is 250 Å². The van der Waals surface area contributed by atoms with E-state index in [9.17, 15) is 18.8 Å². The van der Waals surface area contributed by atoms with Crippen LogP contribution in [0.3, 0.4) is 0 Å². The zero-order chi connectivity index (χ0) is 18.9. The molecule has 0 aromatic heterocycles. The second-order valence-corrected chi connectivity index (χ2v) is 8.01. The third-order valence-corrected chi connectivity index (χ3v) is 4.12. The number of phosphoric ester groups is 3. The summed E-state index contributed by atoms with van der Waals surface area (Å²) in [6, 6.07) is 0. The van der Waals surface area contributed by atoms with Crippen molar-refractivity contribution in [2.75, 3.05) is 6.61 Å². The van der Waals surface area contributed by atoms with Gasteiger partial charge in [0.1, 0.15) is 24.4 Å². The van der Waals surface area contributed by atoms with Crippen molar-refractivity contribution in [3.8, 4) is 0 Å². The highest BCUT2D eigenvalue weighted by molar-refractivity contribution is 7.47. The van der Waals surface area contributed by atoms with Crippen molar-refractivity contribution in [3.63, 3.8) is 0 Å². The summed E-state index contributed by atoms with van der Waals surface area (Å²) in [5.41, 5.74) is 0. The van der Waals surface area contributed by atoms with E-state index >= 15 is 0 Å². The lowest BCUT2D eigenvalue weighted by Crippen LogP contribution is -2.60. The third kappa shape index (κ3) is 7.22. The van der Waals surface area contributed by atoms with Gasteiger partial charge in [0.05, 0.1) is 6.61 Å². The van der Waals surface area contributed by atoms with Gasteiger partial charge < -0.3 is 44.3 Å². The Morgan fingerprint density at radius 3 is 1.50 bits per heavy atom. The average molecular weight is 420 g/mol. The lowest BCUT2D eigenvalue weighted by molar-refractivity contribution is -0.276. The predicted octanol–water partition coefficient (Wildman–Crippen LogP) is -2.87. The highest BCUT2D eigenvalue weighted by Crippen LogP contribution is 2.49. The van der Waals surface area contributed by atoms with Gasteiger partial charge in [-0.15, -0.1) is 0 Å². The maximum Gasteiger partial charge on any atom is 0.470 e. The molecule has 5 atom stereocenters. The first kappa shape index (κ1) is 22.3. The Balaban J connectivity index is 3.27. The van der Waals surface area contributed by atoms with Crippen LogP contribution in [-0.2, 0) is 32.0 Å². The number of aliphatic hydroxyl groups is 2. The summed E-state index contributed by atoms with van der Waals surface area (Å²) < 4.78 is 50.0. The number of aliphatic hydroxyl groups excluding tert-OH is 2. The Hall–Kier alpha value is 0.210. The van der Waals surface area contributed by atoms with Crippen molar-refractivity contribution in [1.29, 1.82) is 0 Å². The minimum atomic E-state index is -5.42. The first-order chi connectivity index (χ1) is 10.6. The van der Waals surface area contributed by atoms with Gasteiger partial charge in [-0.2, -0.15) is 0 Å². The highest BCUT2D eigenvalue weighted by atomic mass is 31.2. The first-order valence-electron chi connectivity index (χ1n) is 5.79. The summed E-state index contributed by atoms with van der Waals surface area (Å²) in [6.07, 6.45) is -10.9. The van der Waals surface area contributed by atoms with Crippen molar-refractivity contribution in [2.24, 2.45) is 0 Å². The number of hydrogen-bond donors (Lipinski definition) is 8. The molecule has 0 aromatic carbocycles. The summed E-state index contributed by atoms with van der Waals surface area (Å²) in [4.78, 5) is 52.9. The molecule has 8 N–H and O–H groups in total. The molecule has 1 heterocycles. The molecule has 1 aliphatic heterocycles. The van der Waals surface area contributed by atoms with Gasteiger partial charge in [0.2, 0.25) is 0 Å². The van der Waals surface area contributed by atoms with Crippen LogP contribution < -0.4 is 0 Å². The number of hydrogen-bond acceptors (Lipinski definition) is 9. The smallest absolute Gasteiger partial charge is 0.394 e. The Bertz CT molecular complexity index is 560.